The number of carbonyl (C=O) groups is 1. The highest BCUT2D eigenvalue weighted by Crippen LogP contribution is 2.14. The highest BCUT2D eigenvalue weighted by molar-refractivity contribution is 5.75. The van der Waals surface area contributed by atoms with Gasteiger partial charge in [-0.1, -0.05) is 5.92 Å². The Bertz CT molecular complexity index is 641. The molecule has 0 saturated carbocycles. The van der Waals surface area contributed by atoms with Crippen LogP contribution in [0.25, 0.3) is 0 Å². The largest absolute Gasteiger partial charge is 0.352 e. The molecule has 23 heavy (non-hydrogen) atoms. The summed E-state index contributed by atoms with van der Waals surface area (Å²) in [6, 6.07) is -0.468. The summed E-state index contributed by atoms with van der Waals surface area (Å²) in [5.74, 6) is 2.94. The van der Waals surface area contributed by atoms with Crippen LogP contribution in [0, 0.1) is 12.3 Å². The maximum Gasteiger partial charge on any atom is 0.315 e. The zero-order valence-corrected chi connectivity index (χ0v) is 13.6. The van der Waals surface area contributed by atoms with E-state index in [1.807, 2.05) is 11.8 Å². The molecule has 1 fully saturated rings. The molecule has 1 aromatic heterocycles. The molecule has 0 spiro atoms. The summed E-state index contributed by atoms with van der Waals surface area (Å²) in [6.07, 6.45) is 10.1. The van der Waals surface area contributed by atoms with Crippen molar-refractivity contribution in [3.63, 3.8) is 0 Å². The van der Waals surface area contributed by atoms with Crippen molar-refractivity contribution in [3.05, 3.63) is 22.7 Å². The maximum atomic E-state index is 12.3. The Kier molecular flexibility index (Phi) is 5.63. The third-order valence-corrected chi connectivity index (χ3v) is 3.96. The predicted octanol–water partition coefficient (Wildman–Crippen LogP) is 0.553. The van der Waals surface area contributed by atoms with Crippen LogP contribution < -0.4 is 21.1 Å². The Morgan fingerprint density at radius 2 is 2.22 bits per heavy atom. The van der Waals surface area contributed by atoms with Gasteiger partial charge >= 0.3 is 6.03 Å². The highest BCUT2D eigenvalue weighted by Gasteiger charge is 2.23. The van der Waals surface area contributed by atoms with Crippen LogP contribution in [0.3, 0.4) is 0 Å². The third-order valence-electron chi connectivity index (χ3n) is 3.96. The van der Waals surface area contributed by atoms with Crippen molar-refractivity contribution in [1.29, 1.82) is 0 Å². The topological polar surface area (TPSA) is 79.3 Å². The molecule has 1 atom stereocenters. The van der Waals surface area contributed by atoms with Gasteiger partial charge in [0, 0.05) is 38.1 Å². The van der Waals surface area contributed by atoms with Crippen molar-refractivity contribution >= 4 is 11.8 Å². The van der Waals surface area contributed by atoms with E-state index < -0.39 is 0 Å². The van der Waals surface area contributed by atoms with E-state index in [-0.39, 0.29) is 23.7 Å². The first-order chi connectivity index (χ1) is 11.0. The molecular weight excluding hydrogens is 294 g/mol. The monoisotopic (exact) mass is 317 g/mol. The standard InChI is InChI=1S/C16H23N5O2/c1-4-12(3)18-16(23)19-13-6-9-21(10-7-13)14-15(22)20(5-2)11-8-17-14/h1,8,11-13H,5-7,9-10H2,2-3H3,(H2,18,19,23). The zero-order valence-electron chi connectivity index (χ0n) is 13.6. The van der Waals surface area contributed by atoms with Gasteiger partial charge in [0.2, 0.25) is 0 Å². The summed E-state index contributed by atoms with van der Waals surface area (Å²) in [5, 5.41) is 5.60. The number of piperidine rings is 1. The molecule has 1 aromatic rings. The molecule has 7 heteroatoms. The fraction of sp³-hybridized carbons (Fsp3) is 0.562. The van der Waals surface area contributed by atoms with Gasteiger partial charge in [-0.3, -0.25) is 4.79 Å². The van der Waals surface area contributed by atoms with Gasteiger partial charge in [0.05, 0.1) is 6.04 Å². The number of urea groups is 1. The molecule has 1 aliphatic heterocycles. The average Bonchev–Trinajstić information content (AvgIpc) is 2.55. The van der Waals surface area contributed by atoms with Crippen LogP contribution in [0.4, 0.5) is 10.6 Å². The van der Waals surface area contributed by atoms with Gasteiger partial charge in [-0.25, -0.2) is 9.78 Å². The number of carbonyl (C=O) groups excluding carboxylic acids is 1. The minimum atomic E-state index is -0.295. The molecule has 0 aromatic carbocycles. The van der Waals surface area contributed by atoms with E-state index in [0.29, 0.717) is 25.5 Å². The molecule has 1 saturated heterocycles. The molecule has 2 amide bonds. The highest BCUT2D eigenvalue weighted by atomic mass is 16.2. The number of aryl methyl sites for hydroxylation is 1. The number of terminal acetylenes is 1. The first kappa shape index (κ1) is 16.9. The van der Waals surface area contributed by atoms with Gasteiger partial charge in [0.15, 0.2) is 5.82 Å². The fourth-order valence-electron chi connectivity index (χ4n) is 2.60. The summed E-state index contributed by atoms with van der Waals surface area (Å²) in [7, 11) is 0. The Labute approximate surface area is 136 Å². The minimum absolute atomic E-state index is 0.0676. The number of rotatable bonds is 4. The first-order valence-corrected chi connectivity index (χ1v) is 7.88. The van der Waals surface area contributed by atoms with Crippen LogP contribution in [0.1, 0.15) is 26.7 Å². The Balaban J connectivity index is 1.91. The van der Waals surface area contributed by atoms with Crippen LogP contribution in [-0.2, 0) is 6.54 Å². The van der Waals surface area contributed by atoms with Gasteiger partial charge in [-0.2, -0.15) is 0 Å². The van der Waals surface area contributed by atoms with Crippen LogP contribution in [0.5, 0.6) is 0 Å². The van der Waals surface area contributed by atoms with Gasteiger partial charge in [0.25, 0.3) is 5.56 Å². The zero-order chi connectivity index (χ0) is 16.8. The number of nitrogens with one attached hydrogen (secondary N) is 2. The lowest BCUT2D eigenvalue weighted by molar-refractivity contribution is 0.233. The second kappa shape index (κ2) is 7.68. The SMILES string of the molecule is C#CC(C)NC(=O)NC1CCN(c2nccn(CC)c2=O)CC1. The molecule has 7 nitrogen and oxygen atoms in total. The van der Waals surface area contributed by atoms with E-state index in [1.165, 1.54) is 0 Å². The normalized spacial score (nSPS) is 16.5. The molecule has 2 rings (SSSR count). The second-order valence-corrected chi connectivity index (χ2v) is 5.61. The number of hydrogen-bond donors (Lipinski definition) is 2. The van der Waals surface area contributed by atoms with Crippen molar-refractivity contribution in [1.82, 2.24) is 20.2 Å². The quantitative estimate of drug-likeness (QED) is 0.795. The van der Waals surface area contributed by atoms with Crippen LogP contribution in [0.2, 0.25) is 0 Å². The lowest BCUT2D eigenvalue weighted by Crippen LogP contribution is -2.50. The average molecular weight is 317 g/mol. The van der Waals surface area contributed by atoms with Crippen LogP contribution in [-0.4, -0.2) is 40.8 Å². The fourth-order valence-corrected chi connectivity index (χ4v) is 2.60. The summed E-state index contributed by atoms with van der Waals surface area (Å²) in [4.78, 5) is 30.2. The number of amides is 2. The number of hydrogen-bond acceptors (Lipinski definition) is 4. The Morgan fingerprint density at radius 1 is 1.52 bits per heavy atom. The van der Waals surface area contributed by atoms with Gasteiger partial charge in [0.1, 0.15) is 0 Å². The summed E-state index contributed by atoms with van der Waals surface area (Å²) < 4.78 is 1.64. The molecule has 2 heterocycles. The summed E-state index contributed by atoms with van der Waals surface area (Å²) in [6.45, 7) is 5.68. The number of anilines is 1. The first-order valence-electron chi connectivity index (χ1n) is 7.88. The van der Waals surface area contributed by atoms with Gasteiger partial charge in [-0.05, 0) is 26.7 Å². The molecular formula is C16H23N5O2. The smallest absolute Gasteiger partial charge is 0.315 e. The molecule has 0 aliphatic carbocycles. The lowest BCUT2D eigenvalue weighted by atomic mass is 10.1. The van der Waals surface area contributed by atoms with Crippen LogP contribution in [0.15, 0.2) is 17.2 Å². The summed E-state index contributed by atoms with van der Waals surface area (Å²) >= 11 is 0. The predicted molar refractivity (Wildman–Crippen MR) is 89.4 cm³/mol. The number of aromatic nitrogens is 2. The van der Waals surface area contributed by atoms with Crippen molar-refractivity contribution in [2.45, 2.75) is 45.3 Å². The van der Waals surface area contributed by atoms with Crippen LogP contribution >= 0.6 is 0 Å². The Hall–Kier alpha value is -2.49. The third kappa shape index (κ3) is 4.25. The lowest BCUT2D eigenvalue weighted by Gasteiger charge is -2.32. The van der Waals surface area contributed by atoms with E-state index in [0.717, 1.165) is 12.8 Å². The second-order valence-electron chi connectivity index (χ2n) is 5.61. The van der Waals surface area contributed by atoms with Crippen molar-refractivity contribution in [2.75, 3.05) is 18.0 Å². The van der Waals surface area contributed by atoms with Crippen molar-refractivity contribution < 1.29 is 4.79 Å². The molecule has 1 unspecified atom stereocenters. The van der Waals surface area contributed by atoms with E-state index >= 15 is 0 Å². The molecule has 1 aliphatic rings. The molecule has 124 valence electrons. The number of nitrogens with zero attached hydrogens (tertiary/aromatic N) is 3. The van der Waals surface area contributed by atoms with Gasteiger partial charge < -0.3 is 20.1 Å². The van der Waals surface area contributed by atoms with E-state index in [2.05, 4.69) is 21.5 Å². The van der Waals surface area contributed by atoms with Crippen molar-refractivity contribution in [2.24, 2.45) is 0 Å². The molecule has 2 N–H and O–H groups in total. The summed E-state index contributed by atoms with van der Waals surface area (Å²) in [5.41, 5.74) is -0.0676. The minimum Gasteiger partial charge on any atom is -0.352 e. The van der Waals surface area contributed by atoms with Gasteiger partial charge in [-0.15, -0.1) is 6.42 Å². The van der Waals surface area contributed by atoms with E-state index in [1.54, 1.807) is 23.9 Å². The van der Waals surface area contributed by atoms with Crippen molar-refractivity contribution in [3.8, 4) is 12.3 Å². The van der Waals surface area contributed by atoms with E-state index in [4.69, 9.17) is 6.42 Å². The maximum absolute atomic E-state index is 12.3. The van der Waals surface area contributed by atoms with E-state index in [9.17, 15) is 9.59 Å². The molecule has 0 radical (unpaired) electrons. The Morgan fingerprint density at radius 3 is 2.83 bits per heavy atom. The molecule has 0 bridgehead atoms.